The largest absolute Gasteiger partial charge is 0.369 e. The van der Waals surface area contributed by atoms with Crippen LogP contribution < -0.4 is 10.2 Å². The van der Waals surface area contributed by atoms with Crippen molar-refractivity contribution < 1.29 is 4.39 Å². The minimum absolute atomic E-state index is 0.102. The summed E-state index contributed by atoms with van der Waals surface area (Å²) in [5.74, 6) is -0.102. The molecule has 1 fully saturated rings. The molecule has 2 rings (SSSR count). The molecule has 17 heavy (non-hydrogen) atoms. The van der Waals surface area contributed by atoms with Gasteiger partial charge < -0.3 is 10.2 Å². The van der Waals surface area contributed by atoms with E-state index in [1.807, 2.05) is 13.1 Å². The Morgan fingerprint density at radius 3 is 2.82 bits per heavy atom. The van der Waals surface area contributed by atoms with Gasteiger partial charge in [0, 0.05) is 19.6 Å². The van der Waals surface area contributed by atoms with Gasteiger partial charge in [0.2, 0.25) is 0 Å². The van der Waals surface area contributed by atoms with Gasteiger partial charge in [0.1, 0.15) is 5.82 Å². The first kappa shape index (κ1) is 12.4. The zero-order valence-electron chi connectivity index (χ0n) is 10.7. The average Bonchev–Trinajstić information content (AvgIpc) is 3.13. The van der Waals surface area contributed by atoms with Gasteiger partial charge in [0.05, 0.1) is 5.69 Å². The Hall–Kier alpha value is -1.09. The molecule has 0 radical (unpaired) electrons. The van der Waals surface area contributed by atoms with Gasteiger partial charge in [-0.05, 0) is 37.4 Å². The standard InChI is InChI=1S/C14H21FN2/c1-3-9-16-10-11-5-4-6-13(15)14(11)17(2)12-7-8-12/h4-6,12,16H,3,7-10H2,1-2H3. The predicted molar refractivity (Wildman–Crippen MR) is 69.8 cm³/mol. The van der Waals surface area contributed by atoms with E-state index in [4.69, 9.17) is 0 Å². The highest BCUT2D eigenvalue weighted by atomic mass is 19.1. The summed E-state index contributed by atoms with van der Waals surface area (Å²) in [5, 5.41) is 3.34. The number of benzene rings is 1. The number of hydrogen-bond acceptors (Lipinski definition) is 2. The zero-order valence-corrected chi connectivity index (χ0v) is 10.7. The molecule has 94 valence electrons. The highest BCUT2D eigenvalue weighted by Crippen LogP contribution is 2.33. The third-order valence-electron chi connectivity index (χ3n) is 3.26. The number of hydrogen-bond donors (Lipinski definition) is 1. The van der Waals surface area contributed by atoms with Crippen molar-refractivity contribution in [3.8, 4) is 0 Å². The van der Waals surface area contributed by atoms with Crippen molar-refractivity contribution in [2.45, 2.75) is 38.8 Å². The van der Waals surface area contributed by atoms with E-state index in [2.05, 4.69) is 17.1 Å². The van der Waals surface area contributed by atoms with E-state index < -0.39 is 0 Å². The van der Waals surface area contributed by atoms with E-state index in [9.17, 15) is 4.39 Å². The van der Waals surface area contributed by atoms with E-state index in [0.29, 0.717) is 6.04 Å². The van der Waals surface area contributed by atoms with Crippen LogP contribution >= 0.6 is 0 Å². The Balaban J connectivity index is 2.15. The molecule has 1 aliphatic carbocycles. The summed E-state index contributed by atoms with van der Waals surface area (Å²) in [5.41, 5.74) is 1.84. The average molecular weight is 236 g/mol. The molecule has 1 aromatic rings. The summed E-state index contributed by atoms with van der Waals surface area (Å²) >= 11 is 0. The molecule has 0 spiro atoms. The molecule has 0 unspecified atom stereocenters. The van der Waals surface area contributed by atoms with Crippen molar-refractivity contribution in [3.05, 3.63) is 29.6 Å². The van der Waals surface area contributed by atoms with Gasteiger partial charge in [-0.25, -0.2) is 4.39 Å². The highest BCUT2D eigenvalue weighted by molar-refractivity contribution is 5.55. The van der Waals surface area contributed by atoms with Gasteiger partial charge in [-0.2, -0.15) is 0 Å². The predicted octanol–water partition coefficient (Wildman–Crippen LogP) is 2.92. The third-order valence-corrected chi connectivity index (χ3v) is 3.26. The Morgan fingerprint density at radius 1 is 1.41 bits per heavy atom. The monoisotopic (exact) mass is 236 g/mol. The van der Waals surface area contributed by atoms with Crippen molar-refractivity contribution >= 4 is 5.69 Å². The molecule has 0 amide bonds. The molecular formula is C14H21FN2. The molecule has 3 heteroatoms. The van der Waals surface area contributed by atoms with E-state index in [1.165, 1.54) is 12.8 Å². The second-order valence-corrected chi connectivity index (χ2v) is 4.77. The molecule has 0 heterocycles. The summed E-state index contributed by atoms with van der Waals surface area (Å²) in [4.78, 5) is 2.10. The first-order chi connectivity index (χ1) is 8.24. The Labute approximate surface area is 103 Å². The molecule has 0 bridgehead atoms. The van der Waals surface area contributed by atoms with E-state index in [1.54, 1.807) is 12.1 Å². The van der Waals surface area contributed by atoms with E-state index in [-0.39, 0.29) is 5.82 Å². The van der Waals surface area contributed by atoms with Crippen LogP contribution in [0, 0.1) is 5.82 Å². The lowest BCUT2D eigenvalue weighted by atomic mass is 10.1. The number of nitrogens with one attached hydrogen (secondary N) is 1. The van der Waals surface area contributed by atoms with Gasteiger partial charge in [-0.1, -0.05) is 19.1 Å². The number of halogens is 1. The maximum Gasteiger partial charge on any atom is 0.146 e. The van der Waals surface area contributed by atoms with E-state index >= 15 is 0 Å². The quantitative estimate of drug-likeness (QED) is 0.764. The van der Waals surface area contributed by atoms with Crippen molar-refractivity contribution in [3.63, 3.8) is 0 Å². The topological polar surface area (TPSA) is 15.3 Å². The molecular weight excluding hydrogens is 215 g/mol. The number of nitrogens with zero attached hydrogens (tertiary/aromatic N) is 1. The molecule has 0 aromatic heterocycles. The lowest BCUT2D eigenvalue weighted by Crippen LogP contribution is -2.24. The van der Waals surface area contributed by atoms with Crippen LogP contribution in [0.15, 0.2) is 18.2 Å². The summed E-state index contributed by atoms with van der Waals surface area (Å²) in [6.07, 6.45) is 3.47. The fraction of sp³-hybridized carbons (Fsp3) is 0.571. The third kappa shape index (κ3) is 2.97. The lowest BCUT2D eigenvalue weighted by Gasteiger charge is -2.23. The molecule has 0 aliphatic heterocycles. The van der Waals surface area contributed by atoms with Crippen LogP contribution in [0.4, 0.5) is 10.1 Å². The summed E-state index contributed by atoms with van der Waals surface area (Å²) in [6.45, 7) is 3.86. The zero-order chi connectivity index (χ0) is 12.3. The van der Waals surface area contributed by atoms with Crippen molar-refractivity contribution in [2.75, 3.05) is 18.5 Å². The molecule has 1 saturated carbocycles. The van der Waals surface area contributed by atoms with Crippen molar-refractivity contribution in [1.82, 2.24) is 5.32 Å². The fourth-order valence-corrected chi connectivity index (χ4v) is 2.14. The Morgan fingerprint density at radius 2 is 2.18 bits per heavy atom. The van der Waals surface area contributed by atoms with Crippen LogP contribution in [0.3, 0.4) is 0 Å². The molecule has 1 aromatic carbocycles. The SMILES string of the molecule is CCCNCc1cccc(F)c1N(C)C1CC1. The van der Waals surface area contributed by atoms with Crippen LogP contribution in [-0.4, -0.2) is 19.6 Å². The molecule has 0 saturated heterocycles. The highest BCUT2D eigenvalue weighted by Gasteiger charge is 2.29. The minimum atomic E-state index is -0.102. The second kappa shape index (κ2) is 5.50. The molecule has 2 nitrogen and oxygen atoms in total. The number of para-hydroxylation sites is 1. The first-order valence-electron chi connectivity index (χ1n) is 6.45. The van der Waals surface area contributed by atoms with Crippen LogP contribution in [0.5, 0.6) is 0 Å². The van der Waals surface area contributed by atoms with Gasteiger partial charge in [0.15, 0.2) is 0 Å². The Bertz CT molecular complexity index is 374. The molecule has 1 aliphatic rings. The molecule has 0 atom stereocenters. The van der Waals surface area contributed by atoms with E-state index in [0.717, 1.165) is 30.8 Å². The fourth-order valence-electron chi connectivity index (χ4n) is 2.14. The first-order valence-corrected chi connectivity index (χ1v) is 6.45. The minimum Gasteiger partial charge on any atom is -0.369 e. The van der Waals surface area contributed by atoms with Crippen LogP contribution in [0.1, 0.15) is 31.7 Å². The second-order valence-electron chi connectivity index (χ2n) is 4.77. The maximum absolute atomic E-state index is 13.9. The van der Waals surface area contributed by atoms with Crippen molar-refractivity contribution in [1.29, 1.82) is 0 Å². The summed E-state index contributed by atoms with van der Waals surface area (Å²) in [6, 6.07) is 5.90. The van der Waals surface area contributed by atoms with Crippen LogP contribution in [0.25, 0.3) is 0 Å². The summed E-state index contributed by atoms with van der Waals surface area (Å²) in [7, 11) is 2.00. The van der Waals surface area contributed by atoms with Crippen LogP contribution in [0.2, 0.25) is 0 Å². The van der Waals surface area contributed by atoms with Gasteiger partial charge in [0.25, 0.3) is 0 Å². The van der Waals surface area contributed by atoms with Gasteiger partial charge >= 0.3 is 0 Å². The number of anilines is 1. The normalized spacial score (nSPS) is 15.0. The summed E-state index contributed by atoms with van der Waals surface area (Å²) < 4.78 is 13.9. The lowest BCUT2D eigenvalue weighted by molar-refractivity contribution is 0.612. The maximum atomic E-state index is 13.9. The van der Waals surface area contributed by atoms with Gasteiger partial charge in [-0.3, -0.25) is 0 Å². The van der Waals surface area contributed by atoms with Gasteiger partial charge in [-0.15, -0.1) is 0 Å². The van der Waals surface area contributed by atoms with Crippen molar-refractivity contribution in [2.24, 2.45) is 0 Å². The smallest absolute Gasteiger partial charge is 0.146 e. The van der Waals surface area contributed by atoms with Crippen LogP contribution in [-0.2, 0) is 6.54 Å². The Kier molecular flexibility index (Phi) is 4.00. The number of rotatable bonds is 6. The molecule has 1 N–H and O–H groups in total.